The number of rotatable bonds is 1. The third kappa shape index (κ3) is 1.60. The van der Waals surface area contributed by atoms with Gasteiger partial charge in [-0.05, 0) is 24.1 Å². The predicted octanol–water partition coefficient (Wildman–Crippen LogP) is 2.97. The van der Waals surface area contributed by atoms with Crippen molar-refractivity contribution in [2.24, 2.45) is 0 Å². The topological polar surface area (TPSA) is 52.0 Å². The molecule has 0 aliphatic rings. The van der Waals surface area contributed by atoms with E-state index in [1.165, 1.54) is 0 Å². The fourth-order valence-electron chi connectivity index (χ4n) is 1.66. The second kappa shape index (κ2) is 3.85. The van der Waals surface area contributed by atoms with E-state index in [2.05, 4.69) is 0 Å². The summed E-state index contributed by atoms with van der Waals surface area (Å²) in [7, 11) is 0. The third-order valence-electron chi connectivity index (χ3n) is 2.63. The number of hydrogen-bond acceptors (Lipinski definition) is 2. The molecule has 0 atom stereocenters. The van der Waals surface area contributed by atoms with E-state index in [1.54, 1.807) is 6.07 Å². The zero-order valence-corrected chi connectivity index (χ0v) is 9.00. The largest absolute Gasteiger partial charge is 0.397 e. The van der Waals surface area contributed by atoms with E-state index in [4.69, 9.17) is 11.5 Å². The van der Waals surface area contributed by atoms with Crippen LogP contribution in [-0.4, -0.2) is 0 Å². The van der Waals surface area contributed by atoms with Crippen LogP contribution in [0.4, 0.5) is 15.8 Å². The molecular formula is C13H13FN2. The normalized spacial score (nSPS) is 10.4. The predicted molar refractivity (Wildman–Crippen MR) is 65.4 cm³/mol. The Balaban J connectivity index is 2.68. The smallest absolute Gasteiger partial charge is 0.156 e. The second-order valence-corrected chi connectivity index (χ2v) is 3.75. The maximum absolute atomic E-state index is 13.9. The highest BCUT2D eigenvalue weighted by molar-refractivity contribution is 5.78. The molecule has 2 aromatic rings. The Hall–Kier alpha value is -2.03. The Morgan fingerprint density at radius 2 is 1.62 bits per heavy atom. The van der Waals surface area contributed by atoms with Crippen molar-refractivity contribution in [3.8, 4) is 11.1 Å². The van der Waals surface area contributed by atoms with Gasteiger partial charge in [0.2, 0.25) is 0 Å². The van der Waals surface area contributed by atoms with Crippen LogP contribution >= 0.6 is 0 Å². The van der Waals surface area contributed by atoms with Crippen LogP contribution in [0.1, 0.15) is 5.56 Å². The summed E-state index contributed by atoms with van der Waals surface area (Å²) in [6, 6.07) is 11.0. The summed E-state index contributed by atoms with van der Waals surface area (Å²) in [5.74, 6) is -0.450. The van der Waals surface area contributed by atoms with Gasteiger partial charge in [0.15, 0.2) is 5.82 Å². The van der Waals surface area contributed by atoms with Crippen LogP contribution in [-0.2, 0) is 0 Å². The number of anilines is 2. The average Bonchev–Trinajstić information content (AvgIpc) is 2.32. The van der Waals surface area contributed by atoms with Gasteiger partial charge in [0.25, 0.3) is 0 Å². The van der Waals surface area contributed by atoms with Gasteiger partial charge < -0.3 is 11.5 Å². The number of benzene rings is 2. The standard InChI is InChI=1S/C13H13FN2/c1-8-7-10(9-5-3-2-4-6-9)11(14)13(16)12(8)15/h2-7H,15-16H2,1H3. The summed E-state index contributed by atoms with van der Waals surface area (Å²) in [5, 5.41) is 0. The SMILES string of the molecule is Cc1cc(-c2ccccc2)c(F)c(N)c1N. The molecule has 0 spiro atoms. The van der Waals surface area contributed by atoms with Crippen LogP contribution in [0.5, 0.6) is 0 Å². The highest BCUT2D eigenvalue weighted by Crippen LogP contribution is 2.32. The van der Waals surface area contributed by atoms with Gasteiger partial charge in [0, 0.05) is 5.56 Å². The minimum absolute atomic E-state index is 0.0267. The summed E-state index contributed by atoms with van der Waals surface area (Å²) in [4.78, 5) is 0. The molecule has 0 fully saturated rings. The molecular weight excluding hydrogens is 203 g/mol. The highest BCUT2D eigenvalue weighted by Gasteiger charge is 2.12. The molecule has 2 nitrogen and oxygen atoms in total. The third-order valence-corrected chi connectivity index (χ3v) is 2.63. The van der Waals surface area contributed by atoms with Crippen molar-refractivity contribution in [2.75, 3.05) is 11.5 Å². The summed E-state index contributed by atoms with van der Waals surface area (Å²) in [6.45, 7) is 1.82. The van der Waals surface area contributed by atoms with Gasteiger partial charge in [-0.25, -0.2) is 4.39 Å². The molecule has 0 radical (unpaired) electrons. The lowest BCUT2D eigenvalue weighted by Gasteiger charge is -2.11. The van der Waals surface area contributed by atoms with Gasteiger partial charge in [-0.1, -0.05) is 30.3 Å². The van der Waals surface area contributed by atoms with E-state index < -0.39 is 5.82 Å². The molecule has 0 aliphatic carbocycles. The Morgan fingerprint density at radius 1 is 1.00 bits per heavy atom. The summed E-state index contributed by atoms with van der Waals surface area (Å²) < 4.78 is 13.9. The van der Waals surface area contributed by atoms with Crippen LogP contribution in [0.25, 0.3) is 11.1 Å². The van der Waals surface area contributed by atoms with Gasteiger partial charge >= 0.3 is 0 Å². The van der Waals surface area contributed by atoms with Crippen LogP contribution in [0.15, 0.2) is 36.4 Å². The molecule has 2 aromatic carbocycles. The van der Waals surface area contributed by atoms with Gasteiger partial charge in [-0.15, -0.1) is 0 Å². The number of halogens is 1. The van der Waals surface area contributed by atoms with Crippen molar-refractivity contribution < 1.29 is 4.39 Å². The van der Waals surface area contributed by atoms with Crippen molar-refractivity contribution in [1.82, 2.24) is 0 Å². The molecule has 2 rings (SSSR count). The molecule has 0 aromatic heterocycles. The Bertz CT molecular complexity index is 521. The first kappa shape index (κ1) is 10.5. The average molecular weight is 216 g/mol. The monoisotopic (exact) mass is 216 g/mol. The van der Waals surface area contributed by atoms with Gasteiger partial charge in [0.05, 0.1) is 11.4 Å². The molecule has 0 unspecified atom stereocenters. The number of hydrogen-bond donors (Lipinski definition) is 2. The molecule has 0 heterocycles. The van der Waals surface area contributed by atoms with Gasteiger partial charge in [0.1, 0.15) is 0 Å². The molecule has 0 aliphatic heterocycles. The van der Waals surface area contributed by atoms with Gasteiger partial charge in [-0.2, -0.15) is 0 Å². The fourth-order valence-corrected chi connectivity index (χ4v) is 1.66. The first-order chi connectivity index (χ1) is 7.61. The molecule has 0 saturated carbocycles. The molecule has 0 bridgehead atoms. The molecule has 16 heavy (non-hydrogen) atoms. The van der Waals surface area contributed by atoms with E-state index in [1.807, 2.05) is 37.3 Å². The second-order valence-electron chi connectivity index (χ2n) is 3.75. The summed E-state index contributed by atoms with van der Waals surface area (Å²) in [5.41, 5.74) is 13.7. The minimum atomic E-state index is -0.450. The zero-order chi connectivity index (χ0) is 11.7. The number of aryl methyl sites for hydroxylation is 1. The van der Waals surface area contributed by atoms with Crippen LogP contribution in [0.2, 0.25) is 0 Å². The van der Waals surface area contributed by atoms with E-state index in [9.17, 15) is 4.39 Å². The minimum Gasteiger partial charge on any atom is -0.397 e. The number of nitrogen functional groups attached to an aromatic ring is 2. The quantitative estimate of drug-likeness (QED) is 0.720. The highest BCUT2D eigenvalue weighted by atomic mass is 19.1. The van der Waals surface area contributed by atoms with Crippen LogP contribution < -0.4 is 11.5 Å². The maximum atomic E-state index is 13.9. The maximum Gasteiger partial charge on any atom is 0.156 e. The molecule has 4 N–H and O–H groups in total. The molecule has 82 valence electrons. The number of nitrogens with two attached hydrogens (primary N) is 2. The van der Waals surface area contributed by atoms with E-state index >= 15 is 0 Å². The summed E-state index contributed by atoms with van der Waals surface area (Å²) >= 11 is 0. The van der Waals surface area contributed by atoms with E-state index in [-0.39, 0.29) is 5.69 Å². The van der Waals surface area contributed by atoms with E-state index in [0.717, 1.165) is 11.1 Å². The molecule has 0 amide bonds. The van der Waals surface area contributed by atoms with Crippen LogP contribution in [0, 0.1) is 12.7 Å². The van der Waals surface area contributed by atoms with Gasteiger partial charge in [-0.3, -0.25) is 0 Å². The van der Waals surface area contributed by atoms with Crippen molar-refractivity contribution in [1.29, 1.82) is 0 Å². The Kier molecular flexibility index (Phi) is 2.52. The Labute approximate surface area is 93.7 Å². The van der Waals surface area contributed by atoms with Crippen molar-refractivity contribution in [3.05, 3.63) is 47.8 Å². The fraction of sp³-hybridized carbons (Fsp3) is 0.0769. The van der Waals surface area contributed by atoms with Crippen molar-refractivity contribution in [3.63, 3.8) is 0 Å². The zero-order valence-electron chi connectivity index (χ0n) is 9.00. The van der Waals surface area contributed by atoms with E-state index in [0.29, 0.717) is 11.3 Å². The first-order valence-corrected chi connectivity index (χ1v) is 5.00. The lowest BCUT2D eigenvalue weighted by Crippen LogP contribution is -2.02. The lowest BCUT2D eigenvalue weighted by molar-refractivity contribution is 0.636. The van der Waals surface area contributed by atoms with Crippen LogP contribution in [0.3, 0.4) is 0 Å². The molecule has 0 saturated heterocycles. The van der Waals surface area contributed by atoms with Crippen molar-refractivity contribution in [2.45, 2.75) is 6.92 Å². The molecule has 3 heteroatoms. The Morgan fingerprint density at radius 3 is 2.25 bits per heavy atom. The van der Waals surface area contributed by atoms with Crippen molar-refractivity contribution >= 4 is 11.4 Å². The first-order valence-electron chi connectivity index (χ1n) is 5.00. The summed E-state index contributed by atoms with van der Waals surface area (Å²) in [6.07, 6.45) is 0. The lowest BCUT2D eigenvalue weighted by atomic mass is 10.0.